The van der Waals surface area contributed by atoms with Gasteiger partial charge >= 0.3 is 5.97 Å². The third kappa shape index (κ3) is 2.59. The van der Waals surface area contributed by atoms with Crippen LogP contribution >= 0.6 is 62.3 Å². The van der Waals surface area contributed by atoms with Gasteiger partial charge in [0.05, 0.1) is 22.2 Å². The third-order valence-electron chi connectivity index (χ3n) is 5.02. The second kappa shape index (κ2) is 7.11. The molecule has 0 amide bonds. The first-order valence-electron chi connectivity index (χ1n) is 7.65. The lowest BCUT2D eigenvalue weighted by atomic mass is 9.92. The summed E-state index contributed by atoms with van der Waals surface area (Å²) in [7, 11) is 2.85. The number of alkyl halides is 2. The van der Waals surface area contributed by atoms with Gasteiger partial charge in [-0.15, -0.1) is 23.2 Å². The maximum Gasteiger partial charge on any atom is 0.338 e. The minimum absolute atomic E-state index is 0.0122. The molecular formula is C17H15BrCl4O4. The molecule has 0 aromatic heterocycles. The molecule has 1 aromatic rings. The van der Waals surface area contributed by atoms with E-state index < -0.39 is 27.4 Å². The van der Waals surface area contributed by atoms with E-state index >= 15 is 0 Å². The van der Waals surface area contributed by atoms with Crippen molar-refractivity contribution in [3.8, 4) is 0 Å². The first kappa shape index (κ1) is 20.7. The lowest BCUT2D eigenvalue weighted by Gasteiger charge is -2.41. The van der Waals surface area contributed by atoms with Crippen LogP contribution in [0.3, 0.4) is 0 Å². The summed E-state index contributed by atoms with van der Waals surface area (Å²) in [5.74, 6) is -2.39. The second-order valence-corrected chi connectivity index (χ2v) is 9.09. The Morgan fingerprint density at radius 1 is 1.15 bits per heavy atom. The van der Waals surface area contributed by atoms with Crippen LogP contribution < -0.4 is 0 Å². The van der Waals surface area contributed by atoms with Crippen LogP contribution in [0.15, 0.2) is 38.8 Å². The summed E-state index contributed by atoms with van der Waals surface area (Å²) in [4.78, 5) is 9.68. The van der Waals surface area contributed by atoms with Crippen LogP contribution in [-0.4, -0.2) is 42.3 Å². The zero-order valence-electron chi connectivity index (χ0n) is 13.8. The van der Waals surface area contributed by atoms with E-state index in [1.807, 2.05) is 0 Å². The van der Waals surface area contributed by atoms with E-state index in [9.17, 15) is 4.79 Å². The Labute approximate surface area is 179 Å². The molecule has 1 aromatic carbocycles. The van der Waals surface area contributed by atoms with Crippen molar-refractivity contribution in [2.45, 2.75) is 22.0 Å². The number of halogens is 5. The van der Waals surface area contributed by atoms with Crippen molar-refractivity contribution in [1.82, 2.24) is 0 Å². The lowest BCUT2D eigenvalue weighted by molar-refractivity contribution is -0.219. The van der Waals surface area contributed by atoms with Crippen molar-refractivity contribution < 1.29 is 19.0 Å². The number of hydrogen-bond acceptors (Lipinski definition) is 4. The second-order valence-electron chi connectivity index (χ2n) is 6.17. The Bertz CT molecular complexity index is 765. The highest BCUT2D eigenvalue weighted by Crippen LogP contribution is 2.71. The molecule has 3 atom stereocenters. The summed E-state index contributed by atoms with van der Waals surface area (Å²) in [5, 5.41) is 0.338. The number of carbonyl (C=O) groups is 1. The lowest BCUT2D eigenvalue weighted by Crippen LogP contribution is -2.57. The summed E-state index contributed by atoms with van der Waals surface area (Å²) in [6.45, 7) is -0.0122. The number of fused-ring (bicyclic) bond motifs is 2. The predicted molar refractivity (Wildman–Crippen MR) is 105 cm³/mol. The quantitative estimate of drug-likeness (QED) is 0.311. The van der Waals surface area contributed by atoms with Crippen molar-refractivity contribution in [1.29, 1.82) is 0 Å². The van der Waals surface area contributed by atoms with E-state index in [1.54, 1.807) is 24.3 Å². The van der Waals surface area contributed by atoms with E-state index in [-0.39, 0.29) is 23.1 Å². The van der Waals surface area contributed by atoms with Gasteiger partial charge in [-0.3, -0.25) is 0 Å². The molecule has 142 valence electrons. The average Bonchev–Trinajstić information content (AvgIpc) is 2.90. The molecule has 4 nitrogen and oxygen atoms in total. The summed E-state index contributed by atoms with van der Waals surface area (Å²) >= 11 is 29.7. The van der Waals surface area contributed by atoms with Gasteiger partial charge in [0.25, 0.3) is 0 Å². The monoisotopic (exact) mass is 502 g/mol. The molecule has 2 aliphatic carbocycles. The van der Waals surface area contributed by atoms with Gasteiger partial charge in [0.2, 0.25) is 5.79 Å². The van der Waals surface area contributed by atoms with Gasteiger partial charge in [0, 0.05) is 24.6 Å². The highest BCUT2D eigenvalue weighted by atomic mass is 79.9. The molecule has 2 bridgehead atoms. The first-order valence-corrected chi connectivity index (χ1v) is 9.95. The first-order chi connectivity index (χ1) is 12.2. The fourth-order valence-electron chi connectivity index (χ4n) is 3.79. The molecule has 9 heteroatoms. The zero-order valence-corrected chi connectivity index (χ0v) is 18.4. The SMILES string of the molecule is COC1(OC)C2(Cl)CC(COC(=O)c3ccc(Br)cc3)C1(Cl)C(Cl)=C2Cl. The minimum atomic E-state index is -1.47. The molecule has 1 fully saturated rings. The number of methoxy groups -OCH3 is 2. The van der Waals surface area contributed by atoms with Gasteiger partial charge in [0.15, 0.2) is 0 Å². The largest absolute Gasteiger partial charge is 0.462 e. The average molecular weight is 505 g/mol. The van der Waals surface area contributed by atoms with E-state index in [0.29, 0.717) is 5.56 Å². The zero-order chi connectivity index (χ0) is 19.3. The van der Waals surface area contributed by atoms with Gasteiger partial charge in [-0.25, -0.2) is 4.79 Å². The number of benzene rings is 1. The minimum Gasteiger partial charge on any atom is -0.462 e. The maximum atomic E-state index is 12.3. The topological polar surface area (TPSA) is 44.8 Å². The summed E-state index contributed by atoms with van der Waals surface area (Å²) in [6, 6.07) is 6.83. The molecule has 0 N–H and O–H groups in total. The smallest absolute Gasteiger partial charge is 0.338 e. The third-order valence-corrected chi connectivity index (χ3v) is 8.18. The van der Waals surface area contributed by atoms with Crippen molar-refractivity contribution in [3.63, 3.8) is 0 Å². The normalized spacial score (nSPS) is 32.2. The molecule has 0 saturated heterocycles. The van der Waals surface area contributed by atoms with Crippen LogP contribution in [0.25, 0.3) is 0 Å². The standard InChI is InChI=1S/C17H15BrCl4O4/c1-24-17(25-2)15(21)7-10(16(17,22)13(20)12(15)19)8-26-14(23)9-3-5-11(18)6-4-9/h3-6,10H,7-8H2,1-2H3. The fraction of sp³-hybridized carbons (Fsp3) is 0.471. The number of carbonyl (C=O) groups excluding carboxylic acids is 1. The van der Waals surface area contributed by atoms with Gasteiger partial charge < -0.3 is 14.2 Å². The van der Waals surface area contributed by atoms with Crippen molar-refractivity contribution >= 4 is 68.3 Å². The molecule has 0 radical (unpaired) electrons. The highest BCUT2D eigenvalue weighted by Gasteiger charge is 2.81. The van der Waals surface area contributed by atoms with Crippen LogP contribution in [0.1, 0.15) is 16.8 Å². The van der Waals surface area contributed by atoms with Crippen molar-refractivity contribution in [2.75, 3.05) is 20.8 Å². The van der Waals surface area contributed by atoms with Gasteiger partial charge in [0.1, 0.15) is 9.75 Å². The molecule has 3 rings (SSSR count). The number of esters is 1. The molecule has 1 saturated carbocycles. The van der Waals surface area contributed by atoms with Crippen molar-refractivity contribution in [3.05, 3.63) is 44.4 Å². The number of hydrogen-bond donors (Lipinski definition) is 0. The van der Waals surface area contributed by atoms with E-state index in [4.69, 9.17) is 60.6 Å². The Hall–Kier alpha value is -0.0100. The Morgan fingerprint density at radius 3 is 2.23 bits per heavy atom. The van der Waals surface area contributed by atoms with Gasteiger partial charge in [-0.1, -0.05) is 39.1 Å². The molecule has 0 aliphatic heterocycles. The van der Waals surface area contributed by atoms with E-state index in [1.165, 1.54) is 14.2 Å². The van der Waals surface area contributed by atoms with Crippen LogP contribution in [0.5, 0.6) is 0 Å². The Morgan fingerprint density at radius 2 is 1.73 bits per heavy atom. The number of ether oxygens (including phenoxy) is 3. The van der Waals surface area contributed by atoms with E-state index in [0.717, 1.165) is 4.47 Å². The Balaban J connectivity index is 1.84. The maximum absolute atomic E-state index is 12.3. The predicted octanol–water partition coefficient (Wildman–Crippen LogP) is 5.27. The molecule has 0 heterocycles. The molecule has 3 unspecified atom stereocenters. The van der Waals surface area contributed by atoms with Gasteiger partial charge in [-0.2, -0.15) is 0 Å². The van der Waals surface area contributed by atoms with Crippen molar-refractivity contribution in [2.24, 2.45) is 5.92 Å². The highest BCUT2D eigenvalue weighted by molar-refractivity contribution is 9.10. The summed E-state index contributed by atoms with van der Waals surface area (Å²) in [6.07, 6.45) is 0.280. The van der Waals surface area contributed by atoms with Crippen LogP contribution in [0, 0.1) is 5.92 Å². The number of rotatable bonds is 5. The van der Waals surface area contributed by atoms with Crippen LogP contribution in [-0.2, 0) is 14.2 Å². The molecule has 0 spiro atoms. The molecule has 26 heavy (non-hydrogen) atoms. The molecular weight excluding hydrogens is 490 g/mol. The van der Waals surface area contributed by atoms with Crippen LogP contribution in [0.4, 0.5) is 0 Å². The van der Waals surface area contributed by atoms with Crippen LogP contribution in [0.2, 0.25) is 0 Å². The molecule has 2 aliphatic rings. The Kier molecular flexibility index (Phi) is 5.66. The summed E-state index contributed by atoms with van der Waals surface area (Å²) < 4.78 is 17.5. The van der Waals surface area contributed by atoms with Gasteiger partial charge in [-0.05, 0) is 30.7 Å². The fourth-order valence-corrected chi connectivity index (χ4v) is 6.12. The summed E-state index contributed by atoms with van der Waals surface area (Å²) in [5.41, 5.74) is 0.421. The van der Waals surface area contributed by atoms with E-state index in [2.05, 4.69) is 15.9 Å².